The topological polar surface area (TPSA) is 60.9 Å². The molecule has 3 atom stereocenters. The smallest absolute Gasteiger partial charge is 0.408 e. The zero-order valence-corrected chi connectivity index (χ0v) is 16.4. The minimum Gasteiger partial charge on any atom is -0.465 e. The Morgan fingerprint density at radius 3 is 2.35 bits per heavy atom. The molecule has 1 heterocycles. The van der Waals surface area contributed by atoms with E-state index in [9.17, 15) is 14.7 Å². The second-order valence-electron chi connectivity index (χ2n) is 8.26. The number of amides is 2. The van der Waals surface area contributed by atoms with Gasteiger partial charge in [-0.2, -0.15) is 0 Å². The van der Waals surface area contributed by atoms with Crippen LogP contribution in [0.4, 0.5) is 4.79 Å². The summed E-state index contributed by atoms with van der Waals surface area (Å²) in [5.41, 5.74) is 1.35. The van der Waals surface area contributed by atoms with Crippen molar-refractivity contribution in [3.63, 3.8) is 0 Å². The van der Waals surface area contributed by atoms with Gasteiger partial charge in [-0.3, -0.25) is 9.69 Å². The van der Waals surface area contributed by atoms with Gasteiger partial charge in [0.25, 0.3) is 0 Å². The van der Waals surface area contributed by atoms with E-state index >= 15 is 0 Å². The van der Waals surface area contributed by atoms with Gasteiger partial charge in [0.15, 0.2) is 0 Å². The maximum absolute atomic E-state index is 13.2. The Morgan fingerprint density at radius 2 is 1.88 bits per heavy atom. The van der Waals surface area contributed by atoms with Gasteiger partial charge in [-0.05, 0) is 46.6 Å². The fraction of sp³-hybridized carbons (Fsp3) is 0.524. The first-order chi connectivity index (χ1) is 12.0. The van der Waals surface area contributed by atoms with Crippen LogP contribution in [0.2, 0.25) is 0 Å². The highest BCUT2D eigenvalue weighted by Crippen LogP contribution is 2.37. The molecule has 1 aromatic carbocycles. The van der Waals surface area contributed by atoms with Gasteiger partial charge in [-0.25, -0.2) is 4.79 Å². The number of carbonyl (C=O) groups is 2. The van der Waals surface area contributed by atoms with Crippen LogP contribution in [0.1, 0.15) is 52.5 Å². The molecule has 2 rings (SSSR count). The van der Waals surface area contributed by atoms with E-state index in [1.165, 1.54) is 4.90 Å². The summed E-state index contributed by atoms with van der Waals surface area (Å²) in [6.07, 6.45) is -0.576. The highest BCUT2D eigenvalue weighted by Gasteiger charge is 2.46. The normalized spacial score (nSPS) is 23.7. The van der Waals surface area contributed by atoms with E-state index in [1.54, 1.807) is 4.90 Å². The molecular formula is C21H30N2O3. The van der Waals surface area contributed by atoms with Crippen LogP contribution in [0.25, 0.3) is 0 Å². The SMILES string of the molecule is C=C(C)CN1C(=O)[C@@H](N(C(=O)O)C(C)(C)C)C[C@@H](c2ccccc2)[C@H]1C. The number of rotatable bonds is 4. The molecule has 0 bridgehead atoms. The van der Waals surface area contributed by atoms with E-state index in [0.29, 0.717) is 13.0 Å². The number of carbonyl (C=O) groups excluding carboxylic acids is 1. The first-order valence-corrected chi connectivity index (χ1v) is 9.06. The summed E-state index contributed by atoms with van der Waals surface area (Å²) >= 11 is 0. The zero-order valence-electron chi connectivity index (χ0n) is 16.4. The summed E-state index contributed by atoms with van der Waals surface area (Å²) in [5, 5.41) is 9.81. The molecule has 1 saturated heterocycles. The number of nitrogens with zero attached hydrogens (tertiary/aromatic N) is 2. The number of piperidine rings is 1. The van der Waals surface area contributed by atoms with Crippen molar-refractivity contribution in [1.82, 2.24) is 9.80 Å². The average Bonchev–Trinajstić information content (AvgIpc) is 2.53. The third kappa shape index (κ3) is 4.09. The van der Waals surface area contributed by atoms with Gasteiger partial charge < -0.3 is 10.0 Å². The Hall–Kier alpha value is -2.30. The molecule has 1 aromatic rings. The highest BCUT2D eigenvalue weighted by molar-refractivity contribution is 5.87. The standard InChI is InChI=1S/C21H30N2O3/c1-14(2)13-22-15(3)17(16-10-8-7-9-11-16)12-18(19(22)24)23(20(25)26)21(4,5)6/h7-11,15,17-18H,1,12-13H2,2-6H3,(H,25,26)/t15-,17-,18+/m1/s1. The van der Waals surface area contributed by atoms with Crippen LogP contribution in [0, 0.1) is 0 Å². The molecule has 26 heavy (non-hydrogen) atoms. The molecule has 1 N–H and O–H groups in total. The van der Waals surface area contributed by atoms with Crippen molar-refractivity contribution in [1.29, 1.82) is 0 Å². The molecular weight excluding hydrogens is 328 g/mol. The molecule has 5 nitrogen and oxygen atoms in total. The second-order valence-corrected chi connectivity index (χ2v) is 8.26. The summed E-state index contributed by atoms with van der Waals surface area (Å²) in [7, 11) is 0. The van der Waals surface area contributed by atoms with Gasteiger partial charge in [0.2, 0.25) is 5.91 Å². The van der Waals surface area contributed by atoms with Crippen LogP contribution in [-0.2, 0) is 4.79 Å². The largest absolute Gasteiger partial charge is 0.465 e. The predicted octanol–water partition coefficient (Wildman–Crippen LogP) is 4.11. The number of benzene rings is 1. The Kier molecular flexibility index (Phi) is 5.79. The summed E-state index contributed by atoms with van der Waals surface area (Å²) in [4.78, 5) is 28.3. The molecule has 2 amide bonds. The number of carboxylic acid groups (broad SMARTS) is 1. The molecule has 0 aromatic heterocycles. The molecule has 142 valence electrons. The third-order valence-corrected chi connectivity index (χ3v) is 5.03. The molecule has 0 aliphatic carbocycles. The Labute approximate surface area is 156 Å². The lowest BCUT2D eigenvalue weighted by molar-refractivity contribution is -0.145. The summed E-state index contributed by atoms with van der Waals surface area (Å²) < 4.78 is 0. The Balaban J connectivity index is 2.49. The van der Waals surface area contributed by atoms with Crippen molar-refractivity contribution in [3.8, 4) is 0 Å². The van der Waals surface area contributed by atoms with Crippen LogP contribution in [0.5, 0.6) is 0 Å². The van der Waals surface area contributed by atoms with E-state index < -0.39 is 17.7 Å². The van der Waals surface area contributed by atoms with Crippen LogP contribution >= 0.6 is 0 Å². The van der Waals surface area contributed by atoms with Gasteiger partial charge in [-0.15, -0.1) is 0 Å². The van der Waals surface area contributed by atoms with E-state index in [0.717, 1.165) is 11.1 Å². The zero-order chi connectivity index (χ0) is 19.6. The van der Waals surface area contributed by atoms with Gasteiger partial charge >= 0.3 is 6.09 Å². The van der Waals surface area contributed by atoms with Crippen molar-refractivity contribution in [2.45, 2.75) is 64.6 Å². The lowest BCUT2D eigenvalue weighted by atomic mass is 9.80. The summed E-state index contributed by atoms with van der Waals surface area (Å²) in [6.45, 7) is 13.8. The van der Waals surface area contributed by atoms with E-state index in [4.69, 9.17) is 0 Å². The molecule has 0 saturated carbocycles. The van der Waals surface area contributed by atoms with E-state index in [1.807, 2.05) is 52.8 Å². The quantitative estimate of drug-likeness (QED) is 0.824. The molecule has 1 fully saturated rings. The third-order valence-electron chi connectivity index (χ3n) is 5.03. The highest BCUT2D eigenvalue weighted by atomic mass is 16.4. The Bertz CT molecular complexity index is 678. The molecule has 0 radical (unpaired) electrons. The maximum atomic E-state index is 13.2. The van der Waals surface area contributed by atoms with Crippen molar-refractivity contribution >= 4 is 12.0 Å². The molecule has 0 spiro atoms. The fourth-order valence-electron chi connectivity index (χ4n) is 3.88. The Morgan fingerprint density at radius 1 is 1.31 bits per heavy atom. The lowest BCUT2D eigenvalue weighted by Crippen LogP contribution is -2.63. The van der Waals surface area contributed by atoms with Crippen molar-refractivity contribution in [2.75, 3.05) is 6.54 Å². The van der Waals surface area contributed by atoms with Crippen molar-refractivity contribution < 1.29 is 14.7 Å². The monoisotopic (exact) mass is 358 g/mol. The van der Waals surface area contributed by atoms with Gasteiger partial charge in [0.05, 0.1) is 0 Å². The van der Waals surface area contributed by atoms with Crippen molar-refractivity contribution in [2.24, 2.45) is 0 Å². The maximum Gasteiger partial charge on any atom is 0.408 e. The van der Waals surface area contributed by atoms with Crippen LogP contribution in [0.15, 0.2) is 42.5 Å². The minimum atomic E-state index is -1.06. The van der Waals surface area contributed by atoms with Gasteiger partial charge in [0, 0.05) is 24.0 Å². The number of hydrogen-bond donors (Lipinski definition) is 1. The first-order valence-electron chi connectivity index (χ1n) is 9.06. The van der Waals surface area contributed by atoms with Gasteiger partial charge in [-0.1, -0.05) is 42.5 Å². The van der Waals surface area contributed by atoms with Crippen LogP contribution in [-0.4, -0.2) is 51.1 Å². The fourth-order valence-corrected chi connectivity index (χ4v) is 3.88. The van der Waals surface area contributed by atoms with E-state index in [-0.39, 0.29) is 17.9 Å². The molecule has 5 heteroatoms. The van der Waals surface area contributed by atoms with Gasteiger partial charge in [0.1, 0.15) is 6.04 Å². The van der Waals surface area contributed by atoms with Crippen molar-refractivity contribution in [3.05, 3.63) is 48.0 Å². The van der Waals surface area contributed by atoms with E-state index in [2.05, 4.69) is 18.7 Å². The lowest BCUT2D eigenvalue weighted by Gasteiger charge is -2.48. The van der Waals surface area contributed by atoms with Crippen LogP contribution in [0.3, 0.4) is 0 Å². The van der Waals surface area contributed by atoms with Crippen LogP contribution < -0.4 is 0 Å². The molecule has 1 aliphatic rings. The average molecular weight is 358 g/mol. The summed E-state index contributed by atoms with van der Waals surface area (Å²) in [6, 6.07) is 9.31. The first kappa shape index (κ1) is 20.0. The molecule has 0 unspecified atom stereocenters. The minimum absolute atomic E-state index is 0.0199. The number of hydrogen-bond acceptors (Lipinski definition) is 2. The predicted molar refractivity (Wildman–Crippen MR) is 103 cm³/mol. The number of likely N-dealkylation sites (tertiary alicyclic amines) is 1. The second kappa shape index (κ2) is 7.52. The molecule has 1 aliphatic heterocycles. The summed E-state index contributed by atoms with van der Waals surface area (Å²) in [5.74, 6) is -0.0625.